The summed E-state index contributed by atoms with van der Waals surface area (Å²) in [6.07, 6.45) is 2.98. The van der Waals surface area contributed by atoms with Crippen molar-refractivity contribution in [1.29, 1.82) is 0 Å². The summed E-state index contributed by atoms with van der Waals surface area (Å²) in [4.78, 5) is 16.4. The van der Waals surface area contributed by atoms with Gasteiger partial charge in [0.05, 0.1) is 11.6 Å². The van der Waals surface area contributed by atoms with Crippen molar-refractivity contribution in [1.82, 2.24) is 24.5 Å². The zero-order valence-corrected chi connectivity index (χ0v) is 16.6. The van der Waals surface area contributed by atoms with Crippen molar-refractivity contribution in [2.75, 3.05) is 5.32 Å². The fourth-order valence-corrected chi connectivity index (χ4v) is 2.85. The van der Waals surface area contributed by atoms with E-state index < -0.39 is 11.7 Å². The zero-order chi connectivity index (χ0) is 21.8. The molecule has 2 aromatic carbocycles. The average molecular weight is 445 g/mol. The number of rotatable bonds is 7. The van der Waals surface area contributed by atoms with Crippen LogP contribution in [0.4, 0.5) is 14.7 Å². The number of ether oxygens (including phenoxy) is 1. The van der Waals surface area contributed by atoms with Gasteiger partial charge in [-0.2, -0.15) is 5.10 Å². The van der Waals surface area contributed by atoms with Crippen LogP contribution in [-0.4, -0.2) is 30.5 Å². The molecule has 0 unspecified atom stereocenters. The molecule has 4 rings (SSSR count). The summed E-state index contributed by atoms with van der Waals surface area (Å²) in [7, 11) is 0. The monoisotopic (exact) mass is 444 g/mol. The summed E-state index contributed by atoms with van der Waals surface area (Å²) < 4.78 is 34.8. The summed E-state index contributed by atoms with van der Waals surface area (Å²) in [5.74, 6) is -0.937. The van der Waals surface area contributed by atoms with Gasteiger partial charge < -0.3 is 4.74 Å². The van der Waals surface area contributed by atoms with Crippen LogP contribution >= 0.6 is 11.6 Å². The molecule has 0 bridgehead atoms. The lowest BCUT2D eigenvalue weighted by atomic mass is 10.2. The summed E-state index contributed by atoms with van der Waals surface area (Å²) in [5, 5.41) is 10.8. The molecule has 0 saturated heterocycles. The quantitative estimate of drug-likeness (QED) is 0.469. The molecule has 0 radical (unpaired) electrons. The van der Waals surface area contributed by atoms with E-state index in [1.165, 1.54) is 52.1 Å². The molecule has 0 aliphatic carbocycles. The molecule has 8 nitrogen and oxygen atoms in total. The first-order chi connectivity index (χ1) is 15.0. The molecule has 158 valence electrons. The Morgan fingerprint density at radius 1 is 1.10 bits per heavy atom. The van der Waals surface area contributed by atoms with Gasteiger partial charge in [-0.3, -0.25) is 10.1 Å². The standard InChI is InChI=1S/C20H15ClF2N6O2/c21-16-9-15(4-5-17(16)23)31-12-28-7-6-18(26-28)19(30)25-20-24-11-29(27-20)10-13-2-1-3-14(22)8-13/h1-9,11H,10,12H2,(H,25,27,30). The molecule has 1 N–H and O–H groups in total. The predicted molar refractivity (Wildman–Crippen MR) is 108 cm³/mol. The van der Waals surface area contributed by atoms with Crippen LogP contribution in [0.15, 0.2) is 61.1 Å². The molecule has 0 aliphatic rings. The summed E-state index contributed by atoms with van der Waals surface area (Å²) in [6.45, 7) is 0.301. The van der Waals surface area contributed by atoms with Crippen LogP contribution < -0.4 is 10.1 Å². The molecule has 11 heteroatoms. The zero-order valence-electron chi connectivity index (χ0n) is 15.9. The van der Waals surface area contributed by atoms with Gasteiger partial charge in [0.1, 0.15) is 23.7 Å². The van der Waals surface area contributed by atoms with E-state index in [1.807, 2.05) is 0 Å². The van der Waals surface area contributed by atoms with Crippen molar-refractivity contribution in [2.45, 2.75) is 13.3 Å². The van der Waals surface area contributed by atoms with E-state index in [0.717, 1.165) is 0 Å². The SMILES string of the molecule is O=C(Nc1ncn(Cc2cccc(F)c2)n1)c1ccn(COc2ccc(F)c(Cl)c2)n1. The highest BCUT2D eigenvalue weighted by Gasteiger charge is 2.13. The van der Waals surface area contributed by atoms with Gasteiger partial charge in [0.2, 0.25) is 5.95 Å². The number of amides is 1. The van der Waals surface area contributed by atoms with E-state index in [2.05, 4.69) is 20.5 Å². The fraction of sp³-hybridized carbons (Fsp3) is 0.100. The second kappa shape index (κ2) is 8.92. The molecular weight excluding hydrogens is 430 g/mol. The van der Waals surface area contributed by atoms with Crippen molar-refractivity contribution >= 4 is 23.5 Å². The fourth-order valence-electron chi connectivity index (χ4n) is 2.68. The normalized spacial score (nSPS) is 10.8. The van der Waals surface area contributed by atoms with Crippen LogP contribution in [0, 0.1) is 11.6 Å². The van der Waals surface area contributed by atoms with Gasteiger partial charge in [-0.1, -0.05) is 23.7 Å². The van der Waals surface area contributed by atoms with Gasteiger partial charge in [-0.15, -0.1) is 5.10 Å². The Morgan fingerprint density at radius 2 is 1.97 bits per heavy atom. The maximum Gasteiger partial charge on any atom is 0.278 e. The molecule has 2 aromatic heterocycles. The maximum atomic E-state index is 13.3. The Morgan fingerprint density at radius 3 is 2.77 bits per heavy atom. The topological polar surface area (TPSA) is 86.9 Å². The lowest BCUT2D eigenvalue weighted by Crippen LogP contribution is -2.15. The molecular formula is C20H15ClF2N6O2. The number of anilines is 1. The van der Waals surface area contributed by atoms with Crippen molar-refractivity contribution < 1.29 is 18.3 Å². The number of carbonyl (C=O) groups excluding carboxylic acids is 1. The molecule has 2 heterocycles. The average Bonchev–Trinajstić information content (AvgIpc) is 3.38. The van der Waals surface area contributed by atoms with Gasteiger partial charge in [-0.05, 0) is 35.9 Å². The van der Waals surface area contributed by atoms with Crippen molar-refractivity contribution in [3.05, 3.63) is 89.0 Å². The number of hydrogen-bond acceptors (Lipinski definition) is 5. The Hall–Kier alpha value is -3.79. The van der Waals surface area contributed by atoms with E-state index in [0.29, 0.717) is 17.9 Å². The lowest BCUT2D eigenvalue weighted by Gasteiger charge is -2.06. The number of nitrogens with zero attached hydrogens (tertiary/aromatic N) is 5. The minimum absolute atomic E-state index is 0.00421. The molecule has 0 fully saturated rings. The third kappa shape index (κ3) is 5.23. The van der Waals surface area contributed by atoms with Gasteiger partial charge in [0.25, 0.3) is 5.91 Å². The predicted octanol–water partition coefficient (Wildman–Crippen LogP) is 3.74. The largest absolute Gasteiger partial charge is 0.471 e. The number of nitrogens with one attached hydrogen (secondary N) is 1. The molecule has 31 heavy (non-hydrogen) atoms. The van der Waals surface area contributed by atoms with Crippen molar-refractivity contribution in [3.63, 3.8) is 0 Å². The first kappa shape index (κ1) is 20.5. The second-order valence-electron chi connectivity index (χ2n) is 6.44. The summed E-state index contributed by atoms with van der Waals surface area (Å²) >= 11 is 5.71. The van der Waals surface area contributed by atoms with E-state index >= 15 is 0 Å². The number of carbonyl (C=O) groups is 1. The highest BCUT2D eigenvalue weighted by Crippen LogP contribution is 2.21. The van der Waals surface area contributed by atoms with E-state index in [1.54, 1.807) is 18.3 Å². The number of benzene rings is 2. The van der Waals surface area contributed by atoms with Gasteiger partial charge >= 0.3 is 0 Å². The number of hydrogen-bond donors (Lipinski definition) is 1. The van der Waals surface area contributed by atoms with Crippen LogP contribution in [0.25, 0.3) is 0 Å². The molecule has 0 aliphatic heterocycles. The minimum atomic E-state index is -0.543. The second-order valence-corrected chi connectivity index (χ2v) is 6.85. The Bertz CT molecular complexity index is 1230. The van der Waals surface area contributed by atoms with Gasteiger partial charge in [0.15, 0.2) is 12.4 Å². The molecule has 0 spiro atoms. The third-order valence-electron chi connectivity index (χ3n) is 4.12. The van der Waals surface area contributed by atoms with Crippen LogP contribution in [0.5, 0.6) is 5.75 Å². The number of halogens is 3. The van der Waals surface area contributed by atoms with Crippen LogP contribution in [0.1, 0.15) is 16.1 Å². The van der Waals surface area contributed by atoms with Crippen LogP contribution in [0.3, 0.4) is 0 Å². The van der Waals surface area contributed by atoms with E-state index in [9.17, 15) is 13.6 Å². The molecule has 0 saturated carbocycles. The Balaban J connectivity index is 1.33. The number of aromatic nitrogens is 5. The van der Waals surface area contributed by atoms with Crippen LogP contribution in [0.2, 0.25) is 5.02 Å². The summed E-state index contributed by atoms with van der Waals surface area (Å²) in [5.41, 5.74) is 0.839. The van der Waals surface area contributed by atoms with Crippen LogP contribution in [-0.2, 0) is 13.3 Å². The summed E-state index contributed by atoms with van der Waals surface area (Å²) in [6, 6.07) is 11.6. The Labute approximate surface area is 180 Å². The van der Waals surface area contributed by atoms with Crippen molar-refractivity contribution in [2.24, 2.45) is 0 Å². The first-order valence-corrected chi connectivity index (χ1v) is 9.40. The maximum absolute atomic E-state index is 13.3. The first-order valence-electron chi connectivity index (χ1n) is 9.03. The molecule has 0 atom stereocenters. The van der Waals surface area contributed by atoms with Gasteiger partial charge in [0, 0.05) is 12.3 Å². The van der Waals surface area contributed by atoms with Crippen molar-refractivity contribution in [3.8, 4) is 5.75 Å². The molecule has 4 aromatic rings. The smallest absolute Gasteiger partial charge is 0.278 e. The van der Waals surface area contributed by atoms with E-state index in [4.69, 9.17) is 16.3 Å². The highest BCUT2D eigenvalue weighted by atomic mass is 35.5. The minimum Gasteiger partial charge on any atom is -0.471 e. The Kier molecular flexibility index (Phi) is 5.89. The molecule has 1 amide bonds. The third-order valence-corrected chi connectivity index (χ3v) is 4.41. The van der Waals surface area contributed by atoms with E-state index in [-0.39, 0.29) is 29.2 Å². The highest BCUT2D eigenvalue weighted by molar-refractivity contribution is 6.30. The van der Waals surface area contributed by atoms with Gasteiger partial charge in [-0.25, -0.2) is 23.1 Å². The lowest BCUT2D eigenvalue weighted by molar-refractivity contribution is 0.101.